The second-order valence-electron chi connectivity index (χ2n) is 12.4. The van der Waals surface area contributed by atoms with Crippen molar-refractivity contribution in [3.63, 3.8) is 0 Å². The van der Waals surface area contributed by atoms with Gasteiger partial charge in [0.25, 0.3) is 5.91 Å². The van der Waals surface area contributed by atoms with Crippen LogP contribution in [0, 0.1) is 25.7 Å². The van der Waals surface area contributed by atoms with Gasteiger partial charge in [-0.15, -0.1) is 0 Å². The van der Waals surface area contributed by atoms with E-state index in [4.69, 9.17) is 9.47 Å². The summed E-state index contributed by atoms with van der Waals surface area (Å²) in [6, 6.07) is 11.2. The Labute approximate surface area is 238 Å². The standard InChI is InChI=1S/C32H45N3O5/c1-19(2)14-26(34-31(38)40-32(6,7)8)30(37)35(27-18-22(27)5)28(23-16-20(3)15-21(4)17-23)29(36)33-24-10-12-25(39-9)13-11-24/h10-13,15-17,19,22,26-28H,14,18H2,1-9H3,(H,33,36)(H,34,38). The highest BCUT2D eigenvalue weighted by Gasteiger charge is 2.48. The fraction of sp³-hybridized carbons (Fsp3) is 0.531. The maximum Gasteiger partial charge on any atom is 0.408 e. The van der Waals surface area contributed by atoms with Crippen LogP contribution in [0.4, 0.5) is 10.5 Å². The molecular formula is C32H45N3O5. The van der Waals surface area contributed by atoms with Gasteiger partial charge in [0.1, 0.15) is 23.4 Å². The normalized spacial score (nSPS) is 17.9. The summed E-state index contributed by atoms with van der Waals surface area (Å²) in [5.41, 5.74) is 2.62. The number of aryl methyl sites for hydroxylation is 2. The van der Waals surface area contributed by atoms with Crippen molar-refractivity contribution >= 4 is 23.6 Å². The van der Waals surface area contributed by atoms with Crippen molar-refractivity contribution in [1.82, 2.24) is 10.2 Å². The average molecular weight is 552 g/mol. The third-order valence-electron chi connectivity index (χ3n) is 6.82. The SMILES string of the molecule is COc1ccc(NC(=O)C(c2cc(C)cc(C)c2)N(C(=O)C(CC(C)C)NC(=O)OC(C)(C)C)C2CC2C)cc1. The van der Waals surface area contributed by atoms with E-state index in [1.54, 1.807) is 57.0 Å². The molecule has 0 heterocycles. The highest BCUT2D eigenvalue weighted by molar-refractivity contribution is 5.99. The summed E-state index contributed by atoms with van der Waals surface area (Å²) < 4.78 is 10.7. The summed E-state index contributed by atoms with van der Waals surface area (Å²) in [6.45, 7) is 15.4. The number of carbonyl (C=O) groups is 3. The first-order valence-electron chi connectivity index (χ1n) is 14.0. The van der Waals surface area contributed by atoms with Crippen molar-refractivity contribution in [1.29, 1.82) is 0 Å². The number of benzene rings is 2. The number of hydrogen-bond acceptors (Lipinski definition) is 5. The minimum Gasteiger partial charge on any atom is -0.497 e. The molecular weight excluding hydrogens is 506 g/mol. The summed E-state index contributed by atoms with van der Waals surface area (Å²) >= 11 is 0. The molecule has 2 N–H and O–H groups in total. The third kappa shape index (κ3) is 8.47. The maximum absolute atomic E-state index is 14.4. The molecule has 4 atom stereocenters. The summed E-state index contributed by atoms with van der Waals surface area (Å²) in [6.07, 6.45) is 0.542. The van der Waals surface area contributed by atoms with Crippen LogP contribution in [-0.2, 0) is 14.3 Å². The van der Waals surface area contributed by atoms with Crippen molar-refractivity contribution in [3.8, 4) is 5.75 Å². The van der Waals surface area contributed by atoms with Crippen LogP contribution >= 0.6 is 0 Å². The highest BCUT2D eigenvalue weighted by Crippen LogP contribution is 2.41. The van der Waals surface area contributed by atoms with Gasteiger partial charge >= 0.3 is 6.09 Å². The summed E-state index contributed by atoms with van der Waals surface area (Å²) in [5, 5.41) is 5.83. The number of amides is 3. The lowest BCUT2D eigenvalue weighted by Crippen LogP contribution is -2.53. The lowest BCUT2D eigenvalue weighted by atomic mass is 9.96. The fourth-order valence-corrected chi connectivity index (χ4v) is 4.99. The molecule has 1 saturated carbocycles. The Morgan fingerprint density at radius 2 is 1.60 bits per heavy atom. The number of methoxy groups -OCH3 is 1. The monoisotopic (exact) mass is 551 g/mol. The molecule has 3 amide bonds. The molecule has 2 aromatic carbocycles. The predicted octanol–water partition coefficient (Wildman–Crippen LogP) is 6.17. The number of carbonyl (C=O) groups excluding carboxylic acids is 3. The van der Waals surface area contributed by atoms with Gasteiger partial charge in [0.2, 0.25) is 5.91 Å². The molecule has 0 bridgehead atoms. The number of alkyl carbamates (subject to hydrolysis) is 1. The Morgan fingerprint density at radius 1 is 1.02 bits per heavy atom. The number of ether oxygens (including phenoxy) is 2. The Hall–Kier alpha value is -3.55. The van der Waals surface area contributed by atoms with Gasteiger partial charge in [0.15, 0.2) is 0 Å². The molecule has 218 valence electrons. The van der Waals surface area contributed by atoms with E-state index in [2.05, 4.69) is 17.6 Å². The molecule has 4 unspecified atom stereocenters. The van der Waals surface area contributed by atoms with Crippen LogP contribution < -0.4 is 15.4 Å². The maximum atomic E-state index is 14.4. The first-order valence-corrected chi connectivity index (χ1v) is 14.0. The smallest absolute Gasteiger partial charge is 0.408 e. The molecule has 0 saturated heterocycles. The lowest BCUT2D eigenvalue weighted by molar-refractivity contribution is -0.142. The van der Waals surface area contributed by atoms with Crippen LogP contribution in [0.25, 0.3) is 0 Å². The summed E-state index contributed by atoms with van der Waals surface area (Å²) in [7, 11) is 1.59. The minimum absolute atomic E-state index is 0.121. The third-order valence-corrected chi connectivity index (χ3v) is 6.82. The summed E-state index contributed by atoms with van der Waals surface area (Å²) in [4.78, 5) is 43.0. The number of rotatable bonds is 10. The van der Waals surface area contributed by atoms with Crippen LogP contribution in [0.15, 0.2) is 42.5 Å². The average Bonchev–Trinajstić information content (AvgIpc) is 3.55. The van der Waals surface area contributed by atoms with Gasteiger partial charge in [-0.05, 0) is 89.1 Å². The van der Waals surface area contributed by atoms with Gasteiger partial charge in [0.05, 0.1) is 7.11 Å². The van der Waals surface area contributed by atoms with E-state index >= 15 is 0 Å². The molecule has 8 heteroatoms. The van der Waals surface area contributed by atoms with Crippen molar-refractivity contribution in [2.75, 3.05) is 12.4 Å². The Morgan fingerprint density at radius 3 is 2.08 bits per heavy atom. The largest absolute Gasteiger partial charge is 0.497 e. The summed E-state index contributed by atoms with van der Waals surface area (Å²) in [5.74, 6) is 0.422. The lowest BCUT2D eigenvalue weighted by Gasteiger charge is -2.35. The zero-order valence-corrected chi connectivity index (χ0v) is 25.3. The second-order valence-corrected chi connectivity index (χ2v) is 12.4. The van der Waals surface area contributed by atoms with Crippen molar-refractivity contribution in [2.45, 2.75) is 92.0 Å². The minimum atomic E-state index is -0.891. The van der Waals surface area contributed by atoms with Gasteiger partial charge in [0, 0.05) is 11.7 Å². The van der Waals surface area contributed by atoms with Crippen LogP contribution in [0.3, 0.4) is 0 Å². The van der Waals surface area contributed by atoms with E-state index in [1.165, 1.54) is 0 Å². The molecule has 0 radical (unpaired) electrons. The van der Waals surface area contributed by atoms with Crippen molar-refractivity contribution in [3.05, 3.63) is 59.2 Å². The number of nitrogens with one attached hydrogen (secondary N) is 2. The van der Waals surface area contributed by atoms with Gasteiger partial charge in [-0.25, -0.2) is 4.79 Å². The van der Waals surface area contributed by atoms with Crippen LogP contribution in [0.1, 0.15) is 77.1 Å². The molecule has 0 spiro atoms. The molecule has 2 aromatic rings. The first kappa shape index (κ1) is 31.0. The molecule has 40 heavy (non-hydrogen) atoms. The Bertz CT molecular complexity index is 1180. The molecule has 0 aromatic heterocycles. The highest BCUT2D eigenvalue weighted by atomic mass is 16.6. The zero-order valence-electron chi connectivity index (χ0n) is 25.3. The zero-order chi connectivity index (χ0) is 29.8. The van der Waals surface area contributed by atoms with E-state index in [9.17, 15) is 14.4 Å². The van der Waals surface area contributed by atoms with E-state index in [0.717, 1.165) is 23.1 Å². The molecule has 3 rings (SSSR count). The van der Waals surface area contributed by atoms with E-state index in [-0.39, 0.29) is 29.7 Å². The van der Waals surface area contributed by atoms with Crippen LogP contribution in [0.5, 0.6) is 5.75 Å². The molecule has 1 aliphatic carbocycles. The van der Waals surface area contributed by atoms with Gasteiger partial charge in [-0.3, -0.25) is 9.59 Å². The van der Waals surface area contributed by atoms with Crippen LogP contribution in [0.2, 0.25) is 0 Å². The Balaban J connectivity index is 2.04. The number of anilines is 1. The molecule has 0 aliphatic heterocycles. The second kappa shape index (κ2) is 12.7. The molecule has 1 fully saturated rings. The van der Waals surface area contributed by atoms with Crippen molar-refractivity contribution in [2.24, 2.45) is 11.8 Å². The van der Waals surface area contributed by atoms with Gasteiger partial charge < -0.3 is 25.0 Å². The number of nitrogens with zero attached hydrogens (tertiary/aromatic N) is 1. The first-order chi connectivity index (χ1) is 18.7. The van der Waals surface area contributed by atoms with E-state index in [1.807, 2.05) is 45.9 Å². The quantitative estimate of drug-likeness (QED) is 0.368. The van der Waals surface area contributed by atoms with E-state index in [0.29, 0.717) is 17.9 Å². The molecule has 1 aliphatic rings. The number of hydrogen-bond donors (Lipinski definition) is 2. The topological polar surface area (TPSA) is 97.0 Å². The van der Waals surface area contributed by atoms with Crippen molar-refractivity contribution < 1.29 is 23.9 Å². The predicted molar refractivity (Wildman–Crippen MR) is 157 cm³/mol. The van der Waals surface area contributed by atoms with Crippen LogP contribution in [-0.4, -0.2) is 47.6 Å². The Kier molecular flexibility index (Phi) is 9.87. The van der Waals surface area contributed by atoms with E-state index < -0.39 is 23.8 Å². The molecule has 8 nitrogen and oxygen atoms in total. The fourth-order valence-electron chi connectivity index (χ4n) is 4.99. The van der Waals surface area contributed by atoms with Gasteiger partial charge in [-0.2, -0.15) is 0 Å². The van der Waals surface area contributed by atoms with Gasteiger partial charge in [-0.1, -0.05) is 50.1 Å².